The number of ether oxygens (including phenoxy) is 1. The number of carbonyl (C=O) groups excluding carboxylic acids is 1. The van der Waals surface area contributed by atoms with Crippen molar-refractivity contribution in [3.05, 3.63) is 57.3 Å². The molecule has 0 atom stereocenters. The lowest BCUT2D eigenvalue weighted by Crippen LogP contribution is -2.24. The van der Waals surface area contributed by atoms with Crippen molar-refractivity contribution in [1.82, 2.24) is 10.0 Å². The van der Waals surface area contributed by atoms with Gasteiger partial charge in [0.25, 0.3) is 5.91 Å². The summed E-state index contributed by atoms with van der Waals surface area (Å²) in [7, 11) is -1.53. The molecule has 1 aromatic carbocycles. The number of rotatable bonds is 9. The van der Waals surface area contributed by atoms with Crippen molar-refractivity contribution in [1.29, 1.82) is 0 Å². The molecule has 2 N–H and O–H groups in total. The second kappa shape index (κ2) is 9.10. The van der Waals surface area contributed by atoms with Crippen molar-refractivity contribution < 1.29 is 17.9 Å². The molecule has 0 aliphatic carbocycles. The molecule has 6 nitrogen and oxygen atoms in total. The van der Waals surface area contributed by atoms with E-state index in [2.05, 4.69) is 10.0 Å². The van der Waals surface area contributed by atoms with Crippen LogP contribution < -0.4 is 10.0 Å². The Labute approximate surface area is 152 Å². The summed E-state index contributed by atoms with van der Waals surface area (Å²) in [5, 5.41) is 2.89. The summed E-state index contributed by atoms with van der Waals surface area (Å²) >= 11 is 1.37. The van der Waals surface area contributed by atoms with Gasteiger partial charge in [0.1, 0.15) is 0 Å². The number of nitrogens with one attached hydrogen (secondary N) is 2. The fraction of sp³-hybridized carbons (Fsp3) is 0.353. The highest BCUT2D eigenvalue weighted by molar-refractivity contribution is 7.88. The topological polar surface area (TPSA) is 84.5 Å². The molecule has 1 aromatic heterocycles. The molecule has 0 spiro atoms. The summed E-state index contributed by atoms with van der Waals surface area (Å²) in [6.45, 7) is 1.35. The van der Waals surface area contributed by atoms with Crippen molar-refractivity contribution in [2.45, 2.75) is 19.6 Å². The van der Waals surface area contributed by atoms with Gasteiger partial charge in [-0.3, -0.25) is 4.79 Å². The Morgan fingerprint density at radius 1 is 1.12 bits per heavy atom. The van der Waals surface area contributed by atoms with Crippen molar-refractivity contribution in [2.24, 2.45) is 0 Å². The number of sulfonamides is 1. The van der Waals surface area contributed by atoms with Gasteiger partial charge in [-0.2, -0.15) is 0 Å². The summed E-state index contributed by atoms with van der Waals surface area (Å²) in [6.07, 6.45) is 1.69. The average Bonchev–Trinajstić information content (AvgIpc) is 3.02. The van der Waals surface area contributed by atoms with Gasteiger partial charge < -0.3 is 10.1 Å². The number of amides is 1. The highest BCUT2D eigenvalue weighted by Gasteiger charge is 2.09. The van der Waals surface area contributed by atoms with Crippen molar-refractivity contribution >= 4 is 27.3 Å². The highest BCUT2D eigenvalue weighted by atomic mass is 32.2. The van der Waals surface area contributed by atoms with E-state index in [1.165, 1.54) is 11.3 Å². The summed E-state index contributed by atoms with van der Waals surface area (Å²) in [6, 6.07) is 11.5. The van der Waals surface area contributed by atoms with E-state index in [-0.39, 0.29) is 5.91 Å². The third kappa shape index (κ3) is 6.95. The molecule has 0 unspecified atom stereocenters. The lowest BCUT2D eigenvalue weighted by molar-refractivity contribution is 0.0955. The second-order valence-electron chi connectivity index (χ2n) is 5.61. The van der Waals surface area contributed by atoms with Crippen LogP contribution in [0.4, 0.5) is 0 Å². The molecule has 0 saturated carbocycles. The van der Waals surface area contributed by atoms with Gasteiger partial charge in [-0.15, -0.1) is 11.3 Å². The molecule has 2 rings (SSSR count). The fourth-order valence-corrected chi connectivity index (χ4v) is 3.58. The smallest absolute Gasteiger partial charge is 0.261 e. The number of carbonyl (C=O) groups is 1. The first-order chi connectivity index (χ1) is 11.9. The Kier molecular flexibility index (Phi) is 7.12. The van der Waals surface area contributed by atoms with E-state index < -0.39 is 10.0 Å². The van der Waals surface area contributed by atoms with E-state index in [4.69, 9.17) is 4.74 Å². The number of benzene rings is 1. The predicted molar refractivity (Wildman–Crippen MR) is 99.2 cm³/mol. The molecule has 0 fully saturated rings. The first-order valence-electron chi connectivity index (χ1n) is 7.75. The Morgan fingerprint density at radius 3 is 2.44 bits per heavy atom. The SMILES string of the molecule is COCc1ccc(CNC(=O)c2ccc(CCNS(C)(=O)=O)s2)cc1. The molecule has 136 valence electrons. The summed E-state index contributed by atoms with van der Waals surface area (Å²) in [5.74, 6) is -0.131. The van der Waals surface area contributed by atoms with Gasteiger partial charge in [-0.05, 0) is 29.7 Å². The standard InChI is InChI=1S/C17H22N2O4S2/c1-23-12-14-5-3-13(4-6-14)11-18-17(20)16-8-7-15(24-16)9-10-19-25(2,21)22/h3-8,19H,9-12H2,1-2H3,(H,18,20). The van der Waals surface area contributed by atoms with Crippen LogP contribution in [0.2, 0.25) is 0 Å². The third-order valence-corrected chi connectivity index (χ3v) is 5.28. The van der Waals surface area contributed by atoms with Crippen LogP contribution in [0.15, 0.2) is 36.4 Å². The Bertz CT molecular complexity index is 798. The molecule has 8 heteroatoms. The minimum Gasteiger partial charge on any atom is -0.380 e. The first kappa shape index (κ1) is 19.6. The van der Waals surface area contributed by atoms with Gasteiger partial charge in [0, 0.05) is 25.1 Å². The largest absolute Gasteiger partial charge is 0.380 e. The Morgan fingerprint density at radius 2 is 1.80 bits per heavy atom. The molecule has 1 heterocycles. The summed E-state index contributed by atoms with van der Waals surface area (Å²) < 4.78 is 29.6. The van der Waals surface area contributed by atoms with Crippen molar-refractivity contribution in [2.75, 3.05) is 19.9 Å². The van der Waals surface area contributed by atoms with Crippen molar-refractivity contribution in [3.8, 4) is 0 Å². The molecule has 0 aliphatic heterocycles. The van der Waals surface area contributed by atoms with Crippen molar-refractivity contribution in [3.63, 3.8) is 0 Å². The number of thiophene rings is 1. The lowest BCUT2D eigenvalue weighted by atomic mass is 10.1. The Balaban J connectivity index is 1.82. The van der Waals surface area contributed by atoms with Crippen LogP contribution in [0.5, 0.6) is 0 Å². The Hall–Kier alpha value is -1.74. The van der Waals surface area contributed by atoms with Crippen LogP contribution in [0.3, 0.4) is 0 Å². The number of hydrogen-bond acceptors (Lipinski definition) is 5. The van der Waals surface area contributed by atoms with Gasteiger partial charge in [0.15, 0.2) is 0 Å². The molecule has 1 amide bonds. The van der Waals surface area contributed by atoms with E-state index in [1.54, 1.807) is 13.2 Å². The van der Waals surface area contributed by atoms with E-state index >= 15 is 0 Å². The zero-order valence-electron chi connectivity index (χ0n) is 14.2. The lowest BCUT2D eigenvalue weighted by Gasteiger charge is -2.05. The maximum atomic E-state index is 12.2. The van der Waals surface area contributed by atoms with Crippen LogP contribution in [-0.2, 0) is 34.3 Å². The average molecular weight is 383 g/mol. The minimum absolute atomic E-state index is 0.131. The fourth-order valence-electron chi connectivity index (χ4n) is 2.18. The maximum absolute atomic E-state index is 12.2. The van der Waals surface area contributed by atoms with Crippen LogP contribution in [0.25, 0.3) is 0 Å². The van der Waals surface area contributed by atoms with Gasteiger partial charge in [0.2, 0.25) is 10.0 Å². The molecule has 0 bridgehead atoms. The van der Waals surface area contributed by atoms with E-state index in [9.17, 15) is 13.2 Å². The normalized spacial score (nSPS) is 11.4. The number of methoxy groups -OCH3 is 1. The van der Waals surface area contributed by atoms with E-state index in [0.29, 0.717) is 31.0 Å². The van der Waals surface area contributed by atoms with Crippen LogP contribution in [0, 0.1) is 0 Å². The third-order valence-electron chi connectivity index (χ3n) is 3.41. The maximum Gasteiger partial charge on any atom is 0.261 e. The van der Waals surface area contributed by atoms with Crippen LogP contribution in [-0.4, -0.2) is 34.2 Å². The van der Waals surface area contributed by atoms with Gasteiger partial charge in [-0.25, -0.2) is 13.1 Å². The molecule has 2 aromatic rings. The first-order valence-corrected chi connectivity index (χ1v) is 10.5. The minimum atomic E-state index is -3.18. The quantitative estimate of drug-likeness (QED) is 0.694. The molecular formula is C17H22N2O4S2. The molecule has 0 aliphatic rings. The zero-order valence-corrected chi connectivity index (χ0v) is 15.9. The van der Waals surface area contributed by atoms with Crippen LogP contribution in [0.1, 0.15) is 25.7 Å². The van der Waals surface area contributed by atoms with Gasteiger partial charge in [-0.1, -0.05) is 24.3 Å². The zero-order chi connectivity index (χ0) is 18.3. The highest BCUT2D eigenvalue weighted by Crippen LogP contribution is 2.17. The monoisotopic (exact) mass is 382 g/mol. The summed E-state index contributed by atoms with van der Waals surface area (Å²) in [5.41, 5.74) is 2.10. The van der Waals surface area contributed by atoms with E-state index in [1.807, 2.05) is 30.3 Å². The van der Waals surface area contributed by atoms with E-state index in [0.717, 1.165) is 22.3 Å². The molecular weight excluding hydrogens is 360 g/mol. The van der Waals surface area contributed by atoms with Crippen LogP contribution >= 0.6 is 11.3 Å². The predicted octanol–water partition coefficient (Wildman–Crippen LogP) is 1.92. The second-order valence-corrected chi connectivity index (χ2v) is 8.62. The molecule has 25 heavy (non-hydrogen) atoms. The van der Waals surface area contributed by atoms with Gasteiger partial charge >= 0.3 is 0 Å². The number of hydrogen-bond donors (Lipinski definition) is 2. The molecule has 0 saturated heterocycles. The summed E-state index contributed by atoms with van der Waals surface area (Å²) in [4.78, 5) is 13.8. The van der Waals surface area contributed by atoms with Gasteiger partial charge in [0.05, 0.1) is 17.7 Å². The molecule has 0 radical (unpaired) electrons.